The third-order valence-electron chi connectivity index (χ3n) is 7.99. The second kappa shape index (κ2) is 10.5. The summed E-state index contributed by atoms with van der Waals surface area (Å²) in [6, 6.07) is 6.28. The molecule has 0 amide bonds. The van der Waals surface area contributed by atoms with Gasteiger partial charge >= 0.3 is 0 Å². The van der Waals surface area contributed by atoms with Crippen molar-refractivity contribution in [2.75, 3.05) is 13.2 Å². The summed E-state index contributed by atoms with van der Waals surface area (Å²) in [5.74, 6) is 1.37. The van der Waals surface area contributed by atoms with Gasteiger partial charge in [-0.3, -0.25) is 4.57 Å². The van der Waals surface area contributed by atoms with Crippen molar-refractivity contribution in [1.82, 2.24) is 19.3 Å². The molecule has 0 unspecified atom stereocenters. The molecule has 3 aliphatic carbocycles. The fourth-order valence-electron chi connectivity index (χ4n) is 5.80. The summed E-state index contributed by atoms with van der Waals surface area (Å²) in [7, 11) is -2.34. The topological polar surface area (TPSA) is 54.1 Å². The minimum Gasteiger partial charge on any atom is -0.361 e. The van der Waals surface area contributed by atoms with Crippen molar-refractivity contribution >= 4 is 54.7 Å². The standard InChI is InChI=1S/C28H42BrClN4O2Si2/c1-28-14-19(15-28)24-23(16-28)34(18-36-9-11-38(5,6)7)32-26(24)27-31-25-21(30)12-20(29)13-22(25)33(27)17-35-8-10-37(2,3)4/h12-13,19H,8-11,14-18H2,1-7H3. The molecular weight excluding hydrogens is 596 g/mol. The van der Waals surface area contributed by atoms with Crippen LogP contribution in [0.5, 0.6) is 0 Å². The molecule has 0 saturated heterocycles. The number of hydrogen-bond acceptors (Lipinski definition) is 4. The van der Waals surface area contributed by atoms with Crippen LogP contribution < -0.4 is 0 Å². The van der Waals surface area contributed by atoms with Crippen LogP contribution in [-0.4, -0.2) is 48.7 Å². The number of nitrogens with zero attached hydrogens (tertiary/aromatic N) is 4. The molecule has 3 aromatic rings. The van der Waals surface area contributed by atoms with Crippen LogP contribution in [-0.2, 0) is 29.4 Å². The smallest absolute Gasteiger partial charge is 0.163 e. The molecule has 2 heterocycles. The van der Waals surface area contributed by atoms with Crippen molar-refractivity contribution in [3.63, 3.8) is 0 Å². The highest BCUT2D eigenvalue weighted by Crippen LogP contribution is 2.59. The third-order valence-corrected chi connectivity index (χ3v) is 12.1. The summed E-state index contributed by atoms with van der Waals surface area (Å²) in [4.78, 5) is 5.10. The molecular formula is C28H42BrClN4O2Si2. The normalized spacial score (nSPS) is 21.1. The van der Waals surface area contributed by atoms with Crippen molar-refractivity contribution in [3.8, 4) is 11.5 Å². The Kier molecular flexibility index (Phi) is 7.85. The summed E-state index contributed by atoms with van der Waals surface area (Å²) < 4.78 is 17.7. The highest BCUT2D eigenvalue weighted by molar-refractivity contribution is 9.10. The molecule has 38 heavy (non-hydrogen) atoms. The average molecular weight is 638 g/mol. The third kappa shape index (κ3) is 6.03. The lowest BCUT2D eigenvalue weighted by atomic mass is 9.54. The Morgan fingerprint density at radius 3 is 2.29 bits per heavy atom. The van der Waals surface area contributed by atoms with Gasteiger partial charge in [0.2, 0.25) is 0 Å². The highest BCUT2D eigenvalue weighted by Gasteiger charge is 2.50. The average Bonchev–Trinajstić information content (AvgIpc) is 3.31. The van der Waals surface area contributed by atoms with Gasteiger partial charge in [-0.15, -0.1) is 0 Å². The predicted molar refractivity (Wildman–Crippen MR) is 166 cm³/mol. The zero-order chi connectivity index (χ0) is 27.5. The Balaban J connectivity index is 1.53. The molecule has 0 aliphatic heterocycles. The van der Waals surface area contributed by atoms with E-state index in [0.29, 0.717) is 29.8 Å². The van der Waals surface area contributed by atoms with Crippen LogP contribution in [0.1, 0.15) is 36.9 Å². The van der Waals surface area contributed by atoms with E-state index in [2.05, 4.69) is 77.5 Å². The maximum absolute atomic E-state index is 6.70. The number of ether oxygens (including phenoxy) is 2. The van der Waals surface area contributed by atoms with Crippen LogP contribution in [0.4, 0.5) is 0 Å². The van der Waals surface area contributed by atoms with Gasteiger partial charge in [0, 0.05) is 45.1 Å². The Morgan fingerprint density at radius 1 is 1.03 bits per heavy atom. The van der Waals surface area contributed by atoms with Gasteiger partial charge in [-0.2, -0.15) is 5.10 Å². The molecule has 2 bridgehead atoms. The van der Waals surface area contributed by atoms with Crippen molar-refractivity contribution in [3.05, 3.63) is 32.9 Å². The van der Waals surface area contributed by atoms with E-state index in [1.54, 1.807) is 0 Å². The number of benzene rings is 1. The molecule has 0 radical (unpaired) electrons. The fraction of sp³-hybridized carbons (Fsp3) is 0.643. The van der Waals surface area contributed by atoms with Gasteiger partial charge in [-0.25, -0.2) is 9.67 Å². The SMILES string of the molecule is CC12Cc3c(c(-c4nc5c(Cl)cc(Br)cc5n4COCC[Si](C)(C)C)nn3COCC[Si](C)(C)C)C(C1)C2. The molecule has 208 valence electrons. The number of imidazole rings is 1. The van der Waals surface area contributed by atoms with Gasteiger partial charge < -0.3 is 9.47 Å². The Morgan fingerprint density at radius 2 is 1.66 bits per heavy atom. The van der Waals surface area contributed by atoms with Crippen molar-refractivity contribution in [2.24, 2.45) is 5.41 Å². The van der Waals surface area contributed by atoms with E-state index in [9.17, 15) is 0 Å². The van der Waals surface area contributed by atoms with Gasteiger partial charge in [0.15, 0.2) is 5.82 Å². The van der Waals surface area contributed by atoms with E-state index >= 15 is 0 Å². The second-order valence-corrected chi connectivity index (χ2v) is 26.7. The number of halogens is 2. The Hall–Kier alpha value is -0.976. The number of aromatic nitrogens is 4. The van der Waals surface area contributed by atoms with Crippen LogP contribution in [0, 0.1) is 5.41 Å². The van der Waals surface area contributed by atoms with Crippen LogP contribution in [0.2, 0.25) is 56.4 Å². The molecule has 1 saturated carbocycles. The lowest BCUT2D eigenvalue weighted by Gasteiger charge is -2.50. The first-order valence-electron chi connectivity index (χ1n) is 13.8. The van der Waals surface area contributed by atoms with E-state index in [-0.39, 0.29) is 0 Å². The molecule has 1 aromatic carbocycles. The van der Waals surface area contributed by atoms with E-state index in [4.69, 9.17) is 31.2 Å². The van der Waals surface area contributed by atoms with Gasteiger partial charge in [0.05, 0.1) is 10.5 Å². The Labute approximate surface area is 242 Å². The van der Waals surface area contributed by atoms with Crippen LogP contribution >= 0.6 is 27.5 Å². The first-order chi connectivity index (χ1) is 17.7. The van der Waals surface area contributed by atoms with Crippen molar-refractivity contribution < 1.29 is 9.47 Å². The second-order valence-electron chi connectivity index (χ2n) is 14.1. The summed E-state index contributed by atoms with van der Waals surface area (Å²) in [6.07, 6.45) is 3.48. The quantitative estimate of drug-likeness (QED) is 0.157. The molecule has 3 aliphatic rings. The zero-order valence-electron chi connectivity index (χ0n) is 24.0. The molecule has 0 N–H and O–H groups in total. The van der Waals surface area contributed by atoms with E-state index in [1.807, 2.05) is 6.07 Å². The largest absolute Gasteiger partial charge is 0.361 e. The molecule has 0 spiro atoms. The summed E-state index contributed by atoms with van der Waals surface area (Å²) in [5, 5.41) is 5.83. The van der Waals surface area contributed by atoms with Gasteiger partial charge in [-0.05, 0) is 54.8 Å². The first-order valence-corrected chi connectivity index (χ1v) is 22.4. The van der Waals surface area contributed by atoms with Gasteiger partial charge in [0.25, 0.3) is 0 Å². The van der Waals surface area contributed by atoms with E-state index in [1.165, 1.54) is 24.1 Å². The minimum atomic E-state index is -1.19. The zero-order valence-corrected chi connectivity index (χ0v) is 28.3. The predicted octanol–water partition coefficient (Wildman–Crippen LogP) is 8.38. The molecule has 2 aromatic heterocycles. The van der Waals surface area contributed by atoms with Crippen LogP contribution in [0.15, 0.2) is 16.6 Å². The summed E-state index contributed by atoms with van der Waals surface area (Å²) in [5.41, 5.74) is 5.79. The molecule has 6 rings (SSSR count). The maximum Gasteiger partial charge on any atom is 0.163 e. The van der Waals surface area contributed by atoms with Gasteiger partial charge in [0.1, 0.15) is 24.7 Å². The monoisotopic (exact) mass is 636 g/mol. The molecule has 6 nitrogen and oxygen atoms in total. The van der Waals surface area contributed by atoms with E-state index in [0.717, 1.165) is 58.7 Å². The number of rotatable bonds is 11. The highest BCUT2D eigenvalue weighted by atomic mass is 79.9. The molecule has 1 fully saturated rings. The van der Waals surface area contributed by atoms with Crippen LogP contribution in [0.25, 0.3) is 22.6 Å². The lowest BCUT2D eigenvalue weighted by Crippen LogP contribution is -2.41. The first kappa shape index (κ1) is 28.5. The Bertz CT molecular complexity index is 1340. The lowest BCUT2D eigenvalue weighted by molar-refractivity contribution is 0.0639. The minimum absolute atomic E-state index is 0.374. The van der Waals surface area contributed by atoms with Gasteiger partial charge in [-0.1, -0.05) is 73.7 Å². The fourth-order valence-corrected chi connectivity index (χ4v) is 8.15. The summed E-state index contributed by atoms with van der Waals surface area (Å²) in [6.45, 7) is 19.2. The number of hydrogen-bond donors (Lipinski definition) is 0. The molecule has 10 heteroatoms. The number of fused-ring (bicyclic) bond motifs is 1. The van der Waals surface area contributed by atoms with Crippen molar-refractivity contribution in [2.45, 2.75) is 96.9 Å². The van der Waals surface area contributed by atoms with Crippen LogP contribution in [0.3, 0.4) is 0 Å². The van der Waals surface area contributed by atoms with Crippen molar-refractivity contribution in [1.29, 1.82) is 0 Å². The molecule has 0 atom stereocenters. The van der Waals surface area contributed by atoms with E-state index < -0.39 is 16.1 Å². The summed E-state index contributed by atoms with van der Waals surface area (Å²) >= 11 is 10.3. The maximum atomic E-state index is 6.70.